The van der Waals surface area contributed by atoms with Crippen molar-refractivity contribution in [2.45, 2.75) is 32.3 Å². The molecule has 0 aliphatic heterocycles. The number of fused-ring (bicyclic) bond motifs is 1. The SMILES string of the molecule is N#C/C(=C\c1cc(Br)c(OCc2ccc(I)cc2)c(Br)c1)C(=O)Nc1sc2c(c1C#N)CCCC2. The van der Waals surface area contributed by atoms with Crippen LogP contribution in [-0.4, -0.2) is 5.91 Å². The molecule has 3 aromatic rings. The molecule has 1 N–H and O–H groups in total. The Labute approximate surface area is 238 Å². The van der Waals surface area contributed by atoms with Gasteiger partial charge in [0.25, 0.3) is 5.91 Å². The van der Waals surface area contributed by atoms with Crippen molar-refractivity contribution in [3.63, 3.8) is 0 Å². The van der Waals surface area contributed by atoms with E-state index in [1.165, 1.54) is 17.4 Å². The summed E-state index contributed by atoms with van der Waals surface area (Å²) in [6, 6.07) is 15.9. The summed E-state index contributed by atoms with van der Waals surface area (Å²) >= 11 is 10.8. The minimum Gasteiger partial charge on any atom is -0.487 e. The number of halogens is 3. The monoisotopic (exact) mass is 721 g/mol. The molecule has 0 bridgehead atoms. The minimum absolute atomic E-state index is 0.0494. The lowest BCUT2D eigenvalue weighted by molar-refractivity contribution is -0.112. The molecule has 0 spiro atoms. The molecule has 9 heteroatoms. The van der Waals surface area contributed by atoms with E-state index >= 15 is 0 Å². The number of thiophene rings is 1. The summed E-state index contributed by atoms with van der Waals surface area (Å²) in [4.78, 5) is 14.0. The van der Waals surface area contributed by atoms with Gasteiger partial charge >= 0.3 is 0 Å². The molecule has 1 heterocycles. The van der Waals surface area contributed by atoms with E-state index < -0.39 is 5.91 Å². The van der Waals surface area contributed by atoms with Crippen molar-refractivity contribution in [1.29, 1.82) is 10.5 Å². The fraction of sp³-hybridized carbons (Fsp3) is 0.192. The van der Waals surface area contributed by atoms with Gasteiger partial charge in [0.2, 0.25) is 0 Å². The highest BCUT2D eigenvalue weighted by atomic mass is 127. The quantitative estimate of drug-likeness (QED) is 0.160. The lowest BCUT2D eigenvalue weighted by Gasteiger charge is -2.12. The molecule has 1 aliphatic carbocycles. The molecule has 176 valence electrons. The number of nitriles is 2. The number of carbonyl (C=O) groups is 1. The molecule has 0 radical (unpaired) electrons. The van der Waals surface area contributed by atoms with E-state index in [0.29, 0.717) is 37.4 Å². The summed E-state index contributed by atoms with van der Waals surface area (Å²) in [5, 5.41) is 22.6. The van der Waals surface area contributed by atoms with Gasteiger partial charge in [0, 0.05) is 8.45 Å². The Hall–Kier alpha value is -2.18. The average Bonchev–Trinajstić information content (AvgIpc) is 3.19. The molecule has 0 unspecified atom stereocenters. The van der Waals surface area contributed by atoms with Crippen LogP contribution in [0, 0.1) is 26.2 Å². The van der Waals surface area contributed by atoms with E-state index in [4.69, 9.17) is 4.74 Å². The van der Waals surface area contributed by atoms with Gasteiger partial charge in [-0.2, -0.15) is 10.5 Å². The van der Waals surface area contributed by atoms with E-state index in [1.807, 2.05) is 30.3 Å². The number of carbonyl (C=O) groups excluding carboxylic acids is 1. The number of amides is 1. The van der Waals surface area contributed by atoms with Gasteiger partial charge in [-0.25, -0.2) is 0 Å². The van der Waals surface area contributed by atoms with Gasteiger partial charge in [-0.15, -0.1) is 11.3 Å². The average molecular weight is 723 g/mol. The summed E-state index contributed by atoms with van der Waals surface area (Å²) in [5.74, 6) is 0.0976. The van der Waals surface area contributed by atoms with Crippen molar-refractivity contribution < 1.29 is 9.53 Å². The molecule has 5 nitrogen and oxygen atoms in total. The van der Waals surface area contributed by atoms with Crippen LogP contribution in [0.1, 0.15) is 40.0 Å². The minimum atomic E-state index is -0.533. The third kappa shape index (κ3) is 6.15. The Morgan fingerprint density at radius 3 is 2.49 bits per heavy atom. The fourth-order valence-electron chi connectivity index (χ4n) is 3.79. The predicted molar refractivity (Wildman–Crippen MR) is 153 cm³/mol. The molecular weight excluding hydrogens is 705 g/mol. The second-order valence-electron chi connectivity index (χ2n) is 7.88. The van der Waals surface area contributed by atoms with Gasteiger partial charge in [0.15, 0.2) is 0 Å². The zero-order valence-corrected chi connectivity index (χ0v) is 24.5. The van der Waals surface area contributed by atoms with Gasteiger partial charge in [-0.1, -0.05) is 12.1 Å². The standard InChI is InChI=1S/C26H18Br2IN3O2S/c27-21-10-16(11-22(28)24(21)34-14-15-5-7-18(29)8-6-15)9-17(12-30)25(33)32-26-20(13-31)19-3-1-2-4-23(19)35-26/h5-11H,1-4,14H2,(H,32,33)/b17-9+. The third-order valence-electron chi connectivity index (χ3n) is 5.50. The fourth-order valence-corrected chi connectivity index (χ4v) is 6.84. The molecular formula is C26H18Br2IN3O2S. The van der Waals surface area contributed by atoms with Crippen molar-refractivity contribution in [2.24, 2.45) is 0 Å². The van der Waals surface area contributed by atoms with E-state index in [2.05, 4.69) is 65.8 Å². The van der Waals surface area contributed by atoms with Gasteiger partial charge in [-0.3, -0.25) is 4.79 Å². The molecule has 0 saturated heterocycles. The highest BCUT2D eigenvalue weighted by molar-refractivity contribution is 14.1. The number of rotatable bonds is 6. The molecule has 2 aromatic carbocycles. The Morgan fingerprint density at radius 1 is 1.14 bits per heavy atom. The van der Waals surface area contributed by atoms with E-state index in [-0.39, 0.29) is 5.57 Å². The Kier molecular flexibility index (Phi) is 8.66. The van der Waals surface area contributed by atoms with E-state index in [0.717, 1.165) is 45.3 Å². The first kappa shape index (κ1) is 25.9. The van der Waals surface area contributed by atoms with Crippen LogP contribution in [-0.2, 0) is 24.2 Å². The van der Waals surface area contributed by atoms with Crippen LogP contribution in [0.4, 0.5) is 5.00 Å². The molecule has 35 heavy (non-hydrogen) atoms. The normalized spacial score (nSPS) is 12.9. The van der Waals surface area contributed by atoms with Crippen LogP contribution in [0.2, 0.25) is 0 Å². The highest BCUT2D eigenvalue weighted by Gasteiger charge is 2.23. The highest BCUT2D eigenvalue weighted by Crippen LogP contribution is 2.38. The summed E-state index contributed by atoms with van der Waals surface area (Å²) < 4.78 is 8.53. The summed E-state index contributed by atoms with van der Waals surface area (Å²) in [6.07, 6.45) is 5.43. The van der Waals surface area contributed by atoms with Gasteiger partial charge < -0.3 is 10.1 Å². The van der Waals surface area contributed by atoms with Crippen molar-refractivity contribution in [2.75, 3.05) is 5.32 Å². The lowest BCUT2D eigenvalue weighted by Crippen LogP contribution is -2.13. The van der Waals surface area contributed by atoms with Gasteiger partial charge in [0.05, 0.1) is 14.5 Å². The summed E-state index contributed by atoms with van der Waals surface area (Å²) in [6.45, 7) is 0.404. The molecule has 1 aromatic heterocycles. The van der Waals surface area contributed by atoms with Crippen LogP contribution < -0.4 is 10.1 Å². The number of nitrogens with one attached hydrogen (secondary N) is 1. The van der Waals surface area contributed by atoms with Crippen LogP contribution in [0.3, 0.4) is 0 Å². The van der Waals surface area contributed by atoms with Crippen molar-refractivity contribution in [3.8, 4) is 17.9 Å². The second-order valence-corrected chi connectivity index (χ2v) is 11.9. The number of hydrogen-bond donors (Lipinski definition) is 1. The number of aryl methyl sites for hydroxylation is 1. The number of benzene rings is 2. The first-order chi connectivity index (χ1) is 16.9. The van der Waals surface area contributed by atoms with Crippen LogP contribution in [0.5, 0.6) is 5.75 Å². The predicted octanol–water partition coefficient (Wildman–Crippen LogP) is 7.75. The summed E-state index contributed by atoms with van der Waals surface area (Å²) in [5.41, 5.74) is 3.21. The number of anilines is 1. The van der Waals surface area contributed by atoms with Crippen molar-refractivity contribution in [3.05, 3.63) is 81.6 Å². The molecule has 1 aliphatic rings. The Balaban J connectivity index is 1.52. The maximum absolute atomic E-state index is 12.9. The Morgan fingerprint density at radius 2 is 1.83 bits per heavy atom. The van der Waals surface area contributed by atoms with E-state index in [1.54, 1.807) is 12.1 Å². The molecule has 0 atom stereocenters. The Bertz CT molecular complexity index is 1380. The van der Waals surface area contributed by atoms with Crippen LogP contribution in [0.15, 0.2) is 50.9 Å². The summed E-state index contributed by atoms with van der Waals surface area (Å²) in [7, 11) is 0. The van der Waals surface area contributed by atoms with Gasteiger partial charge in [-0.05, 0) is 127 Å². The smallest absolute Gasteiger partial charge is 0.266 e. The largest absolute Gasteiger partial charge is 0.487 e. The topological polar surface area (TPSA) is 85.9 Å². The third-order valence-corrected chi connectivity index (χ3v) is 8.61. The van der Waals surface area contributed by atoms with Crippen molar-refractivity contribution in [1.82, 2.24) is 0 Å². The number of hydrogen-bond acceptors (Lipinski definition) is 5. The molecule has 1 amide bonds. The zero-order valence-electron chi connectivity index (χ0n) is 18.3. The van der Waals surface area contributed by atoms with Crippen LogP contribution in [0.25, 0.3) is 6.08 Å². The zero-order chi connectivity index (χ0) is 24.9. The van der Waals surface area contributed by atoms with Gasteiger partial charge in [0.1, 0.15) is 35.1 Å². The first-order valence-electron chi connectivity index (χ1n) is 10.7. The number of ether oxygens (including phenoxy) is 1. The second kappa shape index (κ2) is 11.7. The van der Waals surface area contributed by atoms with E-state index in [9.17, 15) is 15.3 Å². The lowest BCUT2D eigenvalue weighted by atomic mass is 9.96. The molecule has 0 fully saturated rings. The first-order valence-corrected chi connectivity index (χ1v) is 14.2. The number of nitrogens with zero attached hydrogens (tertiary/aromatic N) is 2. The van der Waals surface area contributed by atoms with Crippen LogP contribution >= 0.6 is 65.8 Å². The molecule has 0 saturated carbocycles. The molecule has 4 rings (SSSR count). The maximum atomic E-state index is 12.9. The maximum Gasteiger partial charge on any atom is 0.266 e. The van der Waals surface area contributed by atoms with Crippen molar-refractivity contribution >= 4 is 82.8 Å².